The lowest BCUT2D eigenvalue weighted by atomic mass is 10.1. The summed E-state index contributed by atoms with van der Waals surface area (Å²) in [5.41, 5.74) is 3.89. The molecule has 1 N–H and O–H groups in total. The second-order valence-electron chi connectivity index (χ2n) is 4.48. The molecule has 0 aliphatic carbocycles. The Labute approximate surface area is 116 Å². The Morgan fingerprint density at radius 1 is 1.37 bits per heavy atom. The van der Waals surface area contributed by atoms with Crippen molar-refractivity contribution in [2.75, 3.05) is 6.54 Å². The van der Waals surface area contributed by atoms with E-state index in [1.807, 2.05) is 30.6 Å². The first kappa shape index (κ1) is 12.4. The molecule has 2 aromatic heterocycles. The molecule has 0 spiro atoms. The van der Waals surface area contributed by atoms with Crippen LogP contribution in [0.15, 0.2) is 40.3 Å². The molecule has 0 amide bonds. The van der Waals surface area contributed by atoms with Crippen LogP contribution < -0.4 is 5.32 Å². The predicted octanol–water partition coefficient (Wildman–Crippen LogP) is 3.90. The van der Waals surface area contributed by atoms with Gasteiger partial charge in [-0.1, -0.05) is 25.1 Å². The van der Waals surface area contributed by atoms with Crippen LogP contribution in [0.2, 0.25) is 0 Å². The van der Waals surface area contributed by atoms with Crippen molar-refractivity contribution in [1.29, 1.82) is 0 Å². The van der Waals surface area contributed by atoms with Crippen molar-refractivity contribution in [3.05, 3.63) is 52.2 Å². The van der Waals surface area contributed by atoms with Crippen LogP contribution >= 0.6 is 11.3 Å². The normalized spacial score (nSPS) is 12.9. The number of furan rings is 1. The summed E-state index contributed by atoms with van der Waals surface area (Å²) in [4.78, 5) is 5.56. The van der Waals surface area contributed by atoms with E-state index >= 15 is 0 Å². The molecule has 0 saturated carbocycles. The number of hydrogen-bond donors (Lipinski definition) is 1. The van der Waals surface area contributed by atoms with Crippen molar-refractivity contribution in [2.45, 2.75) is 19.9 Å². The number of hydrogen-bond acceptors (Lipinski definition) is 4. The Hall–Kier alpha value is -1.65. The zero-order chi connectivity index (χ0) is 13.2. The third-order valence-corrected chi connectivity index (χ3v) is 4.18. The van der Waals surface area contributed by atoms with Gasteiger partial charge in [-0.25, -0.2) is 4.98 Å². The molecule has 19 heavy (non-hydrogen) atoms. The van der Waals surface area contributed by atoms with Crippen LogP contribution in [-0.2, 0) is 0 Å². The summed E-state index contributed by atoms with van der Waals surface area (Å²) in [6.45, 7) is 5.03. The zero-order valence-electron chi connectivity index (χ0n) is 11.0. The topological polar surface area (TPSA) is 38.1 Å². The number of aromatic nitrogens is 1. The predicted molar refractivity (Wildman–Crippen MR) is 78.6 cm³/mol. The lowest BCUT2D eigenvalue weighted by Crippen LogP contribution is -2.21. The summed E-state index contributed by atoms with van der Waals surface area (Å²) in [6.07, 6.45) is 0. The average Bonchev–Trinajstić information content (AvgIpc) is 3.02. The van der Waals surface area contributed by atoms with Crippen LogP contribution in [0.25, 0.3) is 11.0 Å². The van der Waals surface area contributed by atoms with E-state index in [0.29, 0.717) is 0 Å². The monoisotopic (exact) mass is 272 g/mol. The smallest absolute Gasteiger partial charge is 0.134 e. The Balaban J connectivity index is 2.07. The van der Waals surface area contributed by atoms with Crippen molar-refractivity contribution in [2.24, 2.45) is 0 Å². The fourth-order valence-electron chi connectivity index (χ4n) is 2.26. The Kier molecular flexibility index (Phi) is 3.36. The molecular formula is C15H16N2OS. The average molecular weight is 272 g/mol. The number of thiazole rings is 1. The van der Waals surface area contributed by atoms with Gasteiger partial charge in [-0.05, 0) is 25.6 Å². The van der Waals surface area contributed by atoms with E-state index in [-0.39, 0.29) is 6.04 Å². The van der Waals surface area contributed by atoms with Crippen molar-refractivity contribution in [3.8, 4) is 0 Å². The summed E-state index contributed by atoms with van der Waals surface area (Å²) >= 11 is 1.67. The molecule has 0 fully saturated rings. The highest BCUT2D eigenvalue weighted by molar-refractivity contribution is 7.09. The van der Waals surface area contributed by atoms with E-state index in [1.54, 1.807) is 11.3 Å². The highest BCUT2D eigenvalue weighted by Crippen LogP contribution is 2.31. The highest BCUT2D eigenvalue weighted by atomic mass is 32.1. The molecule has 0 aliphatic heterocycles. The van der Waals surface area contributed by atoms with E-state index in [4.69, 9.17) is 4.42 Å². The number of fused-ring (bicyclic) bond motifs is 1. The molecular weight excluding hydrogens is 256 g/mol. The van der Waals surface area contributed by atoms with Crippen LogP contribution in [0.5, 0.6) is 0 Å². The molecule has 0 aliphatic rings. The van der Waals surface area contributed by atoms with E-state index in [0.717, 1.165) is 29.0 Å². The van der Waals surface area contributed by atoms with Crippen LogP contribution in [0, 0.1) is 6.92 Å². The van der Waals surface area contributed by atoms with E-state index in [1.165, 1.54) is 4.88 Å². The molecule has 3 nitrogen and oxygen atoms in total. The third-order valence-electron chi connectivity index (χ3n) is 3.18. The fraction of sp³-hybridized carbons (Fsp3) is 0.267. The highest BCUT2D eigenvalue weighted by Gasteiger charge is 2.21. The van der Waals surface area contributed by atoms with E-state index in [2.05, 4.69) is 29.4 Å². The Morgan fingerprint density at radius 3 is 2.89 bits per heavy atom. The minimum absolute atomic E-state index is 0.0879. The van der Waals surface area contributed by atoms with Gasteiger partial charge in [-0.3, -0.25) is 0 Å². The van der Waals surface area contributed by atoms with Gasteiger partial charge in [0.15, 0.2) is 0 Å². The van der Waals surface area contributed by atoms with Gasteiger partial charge in [0.05, 0.1) is 16.1 Å². The molecule has 3 aromatic rings. The van der Waals surface area contributed by atoms with Crippen LogP contribution in [0.3, 0.4) is 0 Å². The molecule has 2 heterocycles. The number of para-hydroxylation sites is 1. The fourth-order valence-corrected chi connectivity index (χ4v) is 3.14. The lowest BCUT2D eigenvalue weighted by Gasteiger charge is -2.14. The summed E-state index contributed by atoms with van der Waals surface area (Å²) in [7, 11) is 0. The van der Waals surface area contributed by atoms with Crippen LogP contribution in [0.1, 0.15) is 29.3 Å². The maximum absolute atomic E-state index is 5.98. The summed E-state index contributed by atoms with van der Waals surface area (Å²) < 4.78 is 5.98. The first-order chi connectivity index (χ1) is 9.29. The second kappa shape index (κ2) is 5.15. The standard InChI is InChI=1S/C15H16N2OS/c1-3-16-14(15-10(2)17-9-19-15)13-8-11-6-4-5-7-12(11)18-13/h4-9,14,16H,3H2,1-2H3. The third kappa shape index (κ3) is 2.29. The van der Waals surface area contributed by atoms with Crippen molar-refractivity contribution in [3.63, 3.8) is 0 Å². The van der Waals surface area contributed by atoms with Gasteiger partial charge in [-0.2, -0.15) is 0 Å². The zero-order valence-corrected chi connectivity index (χ0v) is 11.8. The lowest BCUT2D eigenvalue weighted by molar-refractivity contribution is 0.479. The van der Waals surface area contributed by atoms with Crippen LogP contribution in [-0.4, -0.2) is 11.5 Å². The first-order valence-corrected chi connectivity index (χ1v) is 7.29. The summed E-state index contributed by atoms with van der Waals surface area (Å²) in [6, 6.07) is 10.3. The molecule has 4 heteroatoms. The van der Waals surface area contributed by atoms with Gasteiger partial charge in [0.2, 0.25) is 0 Å². The first-order valence-electron chi connectivity index (χ1n) is 6.41. The van der Waals surface area contributed by atoms with E-state index in [9.17, 15) is 0 Å². The Morgan fingerprint density at radius 2 is 2.21 bits per heavy atom. The van der Waals surface area contributed by atoms with Crippen molar-refractivity contribution >= 4 is 22.3 Å². The number of nitrogens with zero attached hydrogens (tertiary/aromatic N) is 1. The molecule has 0 bridgehead atoms. The van der Waals surface area contributed by atoms with Crippen molar-refractivity contribution < 1.29 is 4.42 Å². The molecule has 3 rings (SSSR count). The maximum Gasteiger partial charge on any atom is 0.134 e. The summed E-state index contributed by atoms with van der Waals surface area (Å²) in [5.74, 6) is 0.954. The number of benzene rings is 1. The quantitative estimate of drug-likeness (QED) is 0.783. The molecule has 98 valence electrons. The van der Waals surface area contributed by atoms with Crippen LogP contribution in [0.4, 0.5) is 0 Å². The number of aryl methyl sites for hydroxylation is 1. The minimum atomic E-state index is 0.0879. The molecule has 1 atom stereocenters. The van der Waals surface area contributed by atoms with Gasteiger partial charge in [-0.15, -0.1) is 11.3 Å². The molecule has 1 aromatic carbocycles. The summed E-state index contributed by atoms with van der Waals surface area (Å²) in [5, 5.41) is 4.62. The maximum atomic E-state index is 5.98. The molecule has 0 saturated heterocycles. The minimum Gasteiger partial charge on any atom is -0.459 e. The van der Waals surface area contributed by atoms with E-state index < -0.39 is 0 Å². The van der Waals surface area contributed by atoms with Gasteiger partial charge in [0.25, 0.3) is 0 Å². The largest absolute Gasteiger partial charge is 0.459 e. The number of nitrogens with one attached hydrogen (secondary N) is 1. The van der Waals surface area contributed by atoms with Gasteiger partial charge >= 0.3 is 0 Å². The number of rotatable bonds is 4. The van der Waals surface area contributed by atoms with Gasteiger partial charge in [0, 0.05) is 5.39 Å². The molecule has 1 unspecified atom stereocenters. The van der Waals surface area contributed by atoms with Crippen molar-refractivity contribution in [1.82, 2.24) is 10.3 Å². The van der Waals surface area contributed by atoms with Gasteiger partial charge < -0.3 is 9.73 Å². The second-order valence-corrected chi connectivity index (χ2v) is 5.37. The van der Waals surface area contributed by atoms with Gasteiger partial charge in [0.1, 0.15) is 17.4 Å². The SMILES string of the molecule is CCNC(c1cc2ccccc2o1)c1scnc1C. The Bertz CT molecular complexity index is 653. The molecule has 0 radical (unpaired) electrons.